The zero-order valence-corrected chi connectivity index (χ0v) is 13.9. The fraction of sp³-hybridized carbons (Fsp3) is 0.889. The Bertz CT molecular complexity index is 601. The molecule has 0 aromatic heterocycles. The van der Waals surface area contributed by atoms with E-state index in [0.717, 1.165) is 38.5 Å². The van der Waals surface area contributed by atoms with Gasteiger partial charge in [0.15, 0.2) is 0 Å². The van der Waals surface area contributed by atoms with Crippen LogP contribution in [0.25, 0.3) is 0 Å². The van der Waals surface area contributed by atoms with Crippen LogP contribution in [0.2, 0.25) is 0 Å². The number of piperidine rings is 1. The first-order valence-electron chi connectivity index (χ1n) is 9.13. The Labute approximate surface area is 142 Å². The highest BCUT2D eigenvalue weighted by molar-refractivity contribution is 5.84. The molecule has 6 nitrogen and oxygen atoms in total. The summed E-state index contributed by atoms with van der Waals surface area (Å²) in [5.74, 6) is 1.56. The molecule has 4 bridgehead atoms. The van der Waals surface area contributed by atoms with Crippen molar-refractivity contribution in [1.82, 2.24) is 4.90 Å². The molecule has 1 heterocycles. The van der Waals surface area contributed by atoms with Crippen molar-refractivity contribution in [2.24, 2.45) is 28.9 Å². The van der Waals surface area contributed by atoms with Crippen LogP contribution in [0.5, 0.6) is 0 Å². The second-order valence-corrected chi connectivity index (χ2v) is 9.21. The monoisotopic (exact) mass is 333 g/mol. The van der Waals surface area contributed by atoms with Gasteiger partial charge >= 0.3 is 0 Å². The van der Waals surface area contributed by atoms with Gasteiger partial charge in [0, 0.05) is 6.04 Å². The highest BCUT2D eigenvalue weighted by Crippen LogP contribution is 2.63. The molecule has 1 amide bonds. The van der Waals surface area contributed by atoms with Crippen LogP contribution in [0.1, 0.15) is 51.4 Å². The predicted octanol–water partition coefficient (Wildman–Crippen LogP) is 0.333. The van der Waals surface area contributed by atoms with Crippen molar-refractivity contribution in [3.8, 4) is 6.07 Å². The molecule has 6 heteroatoms. The summed E-state index contributed by atoms with van der Waals surface area (Å²) in [6.07, 6.45) is 7.48. The number of hydrogen-bond acceptors (Lipinski definition) is 4. The van der Waals surface area contributed by atoms with Gasteiger partial charge in [0.1, 0.15) is 6.04 Å². The normalized spacial score (nSPS) is 51.5. The first kappa shape index (κ1) is 16.3. The molecule has 0 spiro atoms. The molecule has 6 fully saturated rings. The quantitative estimate of drug-likeness (QED) is 0.756. The molecular weight excluding hydrogens is 306 g/mol. The summed E-state index contributed by atoms with van der Waals surface area (Å²) in [4.78, 5) is 14.9. The van der Waals surface area contributed by atoms with E-state index in [0.29, 0.717) is 24.2 Å². The van der Waals surface area contributed by atoms with Gasteiger partial charge in [0.2, 0.25) is 5.91 Å². The summed E-state index contributed by atoms with van der Waals surface area (Å²) in [6, 6.07) is 1.72. The second-order valence-electron chi connectivity index (χ2n) is 9.21. The van der Waals surface area contributed by atoms with Crippen LogP contribution in [-0.2, 0) is 4.79 Å². The topological polar surface area (TPSA) is 122 Å². The minimum atomic E-state index is -0.594. The summed E-state index contributed by atoms with van der Waals surface area (Å²) >= 11 is 0. The third-order valence-electron chi connectivity index (χ3n) is 7.51. The molecule has 1 aliphatic heterocycles. The average molecular weight is 333 g/mol. The lowest BCUT2D eigenvalue weighted by Gasteiger charge is -2.61. The van der Waals surface area contributed by atoms with E-state index in [-0.39, 0.29) is 28.9 Å². The second kappa shape index (κ2) is 4.94. The van der Waals surface area contributed by atoms with E-state index in [1.54, 1.807) is 4.90 Å². The maximum absolute atomic E-state index is 13.1. The van der Waals surface area contributed by atoms with Gasteiger partial charge in [-0.15, -0.1) is 0 Å². The number of likely N-dealkylation sites (tertiary alicyclic amines) is 1. The van der Waals surface area contributed by atoms with Gasteiger partial charge in [-0.2, -0.15) is 5.26 Å². The van der Waals surface area contributed by atoms with Crippen molar-refractivity contribution >= 4 is 5.91 Å². The molecule has 0 aromatic rings. The number of fused-ring (bicyclic) bond motifs is 1. The van der Waals surface area contributed by atoms with Crippen molar-refractivity contribution in [2.75, 3.05) is 0 Å². The van der Waals surface area contributed by atoms with Gasteiger partial charge in [-0.1, -0.05) is 0 Å². The molecule has 8 atom stereocenters. The lowest BCUT2D eigenvalue weighted by molar-refractivity contribution is -0.177. The fourth-order valence-electron chi connectivity index (χ4n) is 6.96. The van der Waals surface area contributed by atoms with Crippen molar-refractivity contribution in [2.45, 2.75) is 75.1 Å². The van der Waals surface area contributed by atoms with Crippen molar-refractivity contribution in [3.05, 3.63) is 0 Å². The van der Waals surface area contributed by atoms with Crippen LogP contribution in [0, 0.1) is 34.5 Å². The standard InChI is InChI=1S/C18H25N3O2.H2O/c19-8-13-2-12-3-14(12)21(13)16(22)15(20)17-4-10-1-11(5-17)7-18(23,6-10)9-17;/h10-15,23H,1-7,9,20H2;1H2/t10-,11+,12-,13?,14+,15-,17?,18?;/m1./s1. The summed E-state index contributed by atoms with van der Waals surface area (Å²) in [5, 5.41) is 20.2. The molecule has 1 saturated heterocycles. The highest BCUT2D eigenvalue weighted by Gasteiger charge is 2.62. The molecule has 24 heavy (non-hydrogen) atoms. The van der Waals surface area contributed by atoms with E-state index in [1.165, 1.54) is 6.42 Å². The molecule has 5 saturated carbocycles. The van der Waals surface area contributed by atoms with Gasteiger partial charge in [-0.3, -0.25) is 4.79 Å². The van der Waals surface area contributed by atoms with Crippen LogP contribution in [0.15, 0.2) is 0 Å². The summed E-state index contributed by atoms with van der Waals surface area (Å²) in [5.41, 5.74) is 5.71. The smallest absolute Gasteiger partial charge is 0.241 e. The zero-order valence-electron chi connectivity index (χ0n) is 13.9. The van der Waals surface area contributed by atoms with Crippen LogP contribution < -0.4 is 5.73 Å². The number of hydrogen-bond donors (Lipinski definition) is 2. The third kappa shape index (κ3) is 2.08. The number of carbonyl (C=O) groups excluding carboxylic acids is 1. The lowest BCUT2D eigenvalue weighted by atomic mass is 9.46. The fourth-order valence-corrected chi connectivity index (χ4v) is 6.96. The van der Waals surface area contributed by atoms with E-state index >= 15 is 0 Å². The van der Waals surface area contributed by atoms with Crippen molar-refractivity contribution in [3.63, 3.8) is 0 Å². The van der Waals surface area contributed by atoms with Gasteiger partial charge < -0.3 is 21.2 Å². The van der Waals surface area contributed by atoms with Crippen LogP contribution in [-0.4, -0.2) is 45.1 Å². The Morgan fingerprint density at radius 1 is 1.21 bits per heavy atom. The van der Waals surface area contributed by atoms with Gasteiger partial charge in [0.05, 0.1) is 17.7 Å². The maximum atomic E-state index is 13.1. The number of nitrogens with two attached hydrogens (primary N) is 1. The number of amides is 1. The molecule has 5 N–H and O–H groups in total. The van der Waals surface area contributed by atoms with E-state index < -0.39 is 11.6 Å². The maximum Gasteiger partial charge on any atom is 0.241 e. The molecule has 6 rings (SSSR count). The Kier molecular flexibility index (Phi) is 3.36. The highest BCUT2D eigenvalue weighted by atomic mass is 16.3. The van der Waals surface area contributed by atoms with Gasteiger partial charge in [-0.25, -0.2) is 0 Å². The summed E-state index contributed by atoms with van der Waals surface area (Å²) < 4.78 is 0. The lowest BCUT2D eigenvalue weighted by Crippen LogP contribution is -2.64. The van der Waals surface area contributed by atoms with Crippen molar-refractivity contribution < 1.29 is 15.4 Å². The number of aliphatic hydroxyl groups is 1. The van der Waals surface area contributed by atoms with Crippen LogP contribution in [0.4, 0.5) is 0 Å². The first-order valence-corrected chi connectivity index (χ1v) is 9.13. The molecule has 3 unspecified atom stereocenters. The first-order chi connectivity index (χ1) is 10.9. The zero-order chi connectivity index (χ0) is 16.0. The molecule has 0 aromatic carbocycles. The average Bonchev–Trinajstić information content (AvgIpc) is 3.14. The van der Waals surface area contributed by atoms with E-state index in [1.807, 2.05) is 0 Å². The third-order valence-corrected chi connectivity index (χ3v) is 7.51. The van der Waals surface area contributed by atoms with Gasteiger partial charge in [0.25, 0.3) is 0 Å². The van der Waals surface area contributed by atoms with Crippen molar-refractivity contribution in [1.29, 1.82) is 5.26 Å². The molecule has 132 valence electrons. The van der Waals surface area contributed by atoms with Gasteiger partial charge in [-0.05, 0) is 74.5 Å². The van der Waals surface area contributed by atoms with E-state index in [2.05, 4.69) is 6.07 Å². The SMILES string of the molecule is N#CC1C[C@@H]2C[C@@H]2N1C(=O)[C@@H](N)C12C[C@@H]3C[C@@H](CC(O)(C3)C1)C2.O. The molecule has 6 aliphatic rings. The number of nitrogens with zero attached hydrogens (tertiary/aromatic N) is 2. The minimum Gasteiger partial charge on any atom is -0.412 e. The largest absolute Gasteiger partial charge is 0.412 e. The molecule has 5 aliphatic carbocycles. The number of nitriles is 1. The molecular formula is C18H27N3O3. The molecule has 0 radical (unpaired) electrons. The summed E-state index contributed by atoms with van der Waals surface area (Å²) in [7, 11) is 0. The van der Waals surface area contributed by atoms with Crippen LogP contribution >= 0.6 is 0 Å². The Hall–Kier alpha value is -1.16. The Balaban J connectivity index is 0.00000146. The number of rotatable bonds is 2. The van der Waals surface area contributed by atoms with E-state index in [9.17, 15) is 15.2 Å². The Morgan fingerprint density at radius 2 is 1.88 bits per heavy atom. The predicted molar refractivity (Wildman–Crippen MR) is 86.4 cm³/mol. The summed E-state index contributed by atoms with van der Waals surface area (Å²) in [6.45, 7) is 0. The number of carbonyl (C=O) groups is 1. The Morgan fingerprint density at radius 3 is 2.46 bits per heavy atom. The van der Waals surface area contributed by atoms with Crippen LogP contribution in [0.3, 0.4) is 0 Å². The minimum absolute atomic E-state index is 0. The van der Waals surface area contributed by atoms with E-state index in [4.69, 9.17) is 5.73 Å².